The molecule has 0 radical (unpaired) electrons. The van der Waals surface area contributed by atoms with Crippen molar-refractivity contribution in [3.05, 3.63) is 65.0 Å². The molecule has 2 aromatic carbocycles. The van der Waals surface area contributed by atoms with Crippen LogP contribution < -0.4 is 4.74 Å². The van der Waals surface area contributed by atoms with Crippen LogP contribution in [-0.2, 0) is 34.0 Å². The van der Waals surface area contributed by atoms with Crippen molar-refractivity contribution in [2.45, 2.75) is 75.9 Å². The van der Waals surface area contributed by atoms with Crippen molar-refractivity contribution in [3.63, 3.8) is 0 Å². The van der Waals surface area contributed by atoms with Gasteiger partial charge in [0.1, 0.15) is 11.6 Å². The Hall–Kier alpha value is -4.23. The molecule has 2 heterocycles. The number of amides is 2. The summed E-state index contributed by atoms with van der Waals surface area (Å²) >= 11 is 0. The normalized spacial score (nSPS) is 17.7. The Bertz CT molecular complexity index is 1340. The van der Waals surface area contributed by atoms with Gasteiger partial charge in [0.15, 0.2) is 5.60 Å². The van der Waals surface area contributed by atoms with Crippen molar-refractivity contribution in [2.24, 2.45) is 0 Å². The van der Waals surface area contributed by atoms with E-state index in [2.05, 4.69) is 11.9 Å². The van der Waals surface area contributed by atoms with Gasteiger partial charge in [0, 0.05) is 25.7 Å². The number of aliphatic carboxylic acids is 3. The average Bonchev–Trinajstić information content (AvgIpc) is 3.78. The van der Waals surface area contributed by atoms with Gasteiger partial charge in [-0.25, -0.2) is 14.0 Å². The number of piperidine rings is 1. The molecule has 44 heavy (non-hydrogen) atoms. The summed E-state index contributed by atoms with van der Waals surface area (Å²) in [4.78, 5) is 50.3. The van der Waals surface area contributed by atoms with Gasteiger partial charge in [-0.2, -0.15) is 0 Å². The molecule has 1 saturated carbocycles. The molecule has 2 aliphatic heterocycles. The van der Waals surface area contributed by atoms with Crippen molar-refractivity contribution in [2.75, 3.05) is 20.1 Å². The van der Waals surface area contributed by atoms with E-state index < -0.39 is 36.4 Å². The van der Waals surface area contributed by atoms with Crippen LogP contribution in [0.1, 0.15) is 55.2 Å². The first-order chi connectivity index (χ1) is 20.8. The van der Waals surface area contributed by atoms with Crippen molar-refractivity contribution in [1.29, 1.82) is 0 Å². The Kier molecular flexibility index (Phi) is 10.4. The molecule has 2 amide bonds. The maximum Gasteiger partial charge on any atom is 0.336 e. The van der Waals surface area contributed by atoms with Crippen LogP contribution in [0.4, 0.5) is 9.18 Å². The van der Waals surface area contributed by atoms with E-state index in [-0.39, 0.29) is 17.9 Å². The monoisotopic (exact) mass is 615 g/mol. The average molecular weight is 616 g/mol. The molecule has 1 saturated heterocycles. The topological polar surface area (TPSA) is 168 Å². The number of carbonyl (C=O) groups is 4. The molecule has 3 aliphatic rings. The third-order valence-electron chi connectivity index (χ3n) is 7.92. The van der Waals surface area contributed by atoms with Gasteiger partial charge < -0.3 is 39.9 Å². The zero-order valence-corrected chi connectivity index (χ0v) is 24.5. The molecule has 13 heteroatoms. The third kappa shape index (κ3) is 8.89. The van der Waals surface area contributed by atoms with E-state index in [0.717, 1.165) is 61.2 Å². The van der Waals surface area contributed by atoms with Crippen LogP contribution in [0.2, 0.25) is 0 Å². The van der Waals surface area contributed by atoms with Gasteiger partial charge in [-0.05, 0) is 86.8 Å². The second-order valence-electron chi connectivity index (χ2n) is 11.7. The fourth-order valence-corrected chi connectivity index (χ4v) is 5.30. The van der Waals surface area contributed by atoms with E-state index in [9.17, 15) is 23.6 Å². The van der Waals surface area contributed by atoms with Crippen LogP contribution in [-0.4, -0.2) is 96.9 Å². The van der Waals surface area contributed by atoms with E-state index in [1.165, 1.54) is 6.07 Å². The lowest BCUT2D eigenvalue weighted by Crippen LogP contribution is -2.49. The zero-order chi connectivity index (χ0) is 32.0. The predicted octanol–water partition coefficient (Wildman–Crippen LogP) is 3.15. The van der Waals surface area contributed by atoms with Gasteiger partial charge in [-0.3, -0.25) is 9.59 Å². The van der Waals surface area contributed by atoms with Crippen LogP contribution in [0.5, 0.6) is 5.75 Å². The molecular formula is C31H38FN3O9. The lowest BCUT2D eigenvalue weighted by molar-refractivity contribution is -0.170. The number of ether oxygens (including phenoxy) is 1. The summed E-state index contributed by atoms with van der Waals surface area (Å²) in [6.07, 6.45) is 2.26. The number of nitrogens with zero attached hydrogens (tertiary/aromatic N) is 3. The number of carboxylic acid groups (broad SMARTS) is 3. The number of aliphatic hydroxyl groups is 1. The van der Waals surface area contributed by atoms with Gasteiger partial charge >= 0.3 is 23.9 Å². The van der Waals surface area contributed by atoms with Gasteiger partial charge in [-0.1, -0.05) is 18.2 Å². The number of carbonyl (C=O) groups excluding carboxylic acids is 1. The molecule has 0 bridgehead atoms. The highest BCUT2D eigenvalue weighted by atomic mass is 19.1. The molecule has 238 valence electrons. The highest BCUT2D eigenvalue weighted by Crippen LogP contribution is 2.29. The first kappa shape index (κ1) is 32.7. The molecule has 2 aromatic rings. The summed E-state index contributed by atoms with van der Waals surface area (Å²) < 4.78 is 19.8. The van der Waals surface area contributed by atoms with Crippen molar-refractivity contribution in [3.8, 4) is 5.75 Å². The lowest BCUT2D eigenvalue weighted by atomic mass is 9.96. The zero-order valence-electron chi connectivity index (χ0n) is 24.5. The Labute approximate surface area is 254 Å². The predicted molar refractivity (Wildman–Crippen MR) is 154 cm³/mol. The number of rotatable bonds is 10. The number of hydrogen-bond acceptors (Lipinski definition) is 7. The van der Waals surface area contributed by atoms with Gasteiger partial charge in [-0.15, -0.1) is 0 Å². The maximum atomic E-state index is 14.0. The standard InChI is InChI=1S/C25H30FN3O2.C6H8O7/c1-27-12-10-22(11-13-27)29-17-20-14-21(26)5-4-19(20)16-28(25(29)30)15-18-2-6-23(7-3-18)31-24-8-9-24;7-3(8)1-6(13,5(11)12)2-4(9)10/h2-7,14,22,24H,8-13,15-17H2,1H3;13H,1-2H2,(H,7,8)(H,9,10)(H,11,12). The van der Waals surface area contributed by atoms with E-state index >= 15 is 0 Å². The summed E-state index contributed by atoms with van der Waals surface area (Å²) in [5, 5.41) is 33.8. The number of halogens is 1. The minimum atomic E-state index is -2.74. The van der Waals surface area contributed by atoms with Gasteiger partial charge in [0.2, 0.25) is 0 Å². The second kappa shape index (κ2) is 14.0. The van der Waals surface area contributed by atoms with E-state index in [4.69, 9.17) is 25.2 Å². The first-order valence-electron chi connectivity index (χ1n) is 14.5. The van der Waals surface area contributed by atoms with Crippen LogP contribution in [0.15, 0.2) is 42.5 Å². The van der Waals surface area contributed by atoms with Crippen molar-refractivity contribution < 1.29 is 48.7 Å². The summed E-state index contributed by atoms with van der Waals surface area (Å²) in [6.45, 7) is 3.46. The Morgan fingerprint density at radius 1 is 0.909 bits per heavy atom. The fourth-order valence-electron chi connectivity index (χ4n) is 5.30. The lowest BCUT2D eigenvalue weighted by Gasteiger charge is -2.38. The van der Waals surface area contributed by atoms with Crippen LogP contribution >= 0.6 is 0 Å². The molecule has 0 atom stereocenters. The minimum absolute atomic E-state index is 0.0458. The highest BCUT2D eigenvalue weighted by molar-refractivity contribution is 5.88. The summed E-state index contributed by atoms with van der Waals surface area (Å²) in [5.74, 6) is -4.37. The molecule has 0 aromatic heterocycles. The van der Waals surface area contributed by atoms with Crippen LogP contribution in [0, 0.1) is 5.82 Å². The number of benzene rings is 2. The Balaban J connectivity index is 0.000000289. The summed E-state index contributed by atoms with van der Waals surface area (Å²) in [5.41, 5.74) is 0.282. The van der Waals surface area contributed by atoms with Crippen LogP contribution in [0.25, 0.3) is 0 Å². The van der Waals surface area contributed by atoms with E-state index in [1.807, 2.05) is 40.1 Å². The van der Waals surface area contributed by atoms with Crippen molar-refractivity contribution in [1.82, 2.24) is 14.7 Å². The molecule has 5 rings (SSSR count). The van der Waals surface area contributed by atoms with Crippen LogP contribution in [0.3, 0.4) is 0 Å². The number of hydrogen-bond donors (Lipinski definition) is 4. The molecule has 12 nitrogen and oxygen atoms in total. The van der Waals surface area contributed by atoms with E-state index in [1.54, 1.807) is 6.07 Å². The van der Waals surface area contributed by atoms with Gasteiger partial charge in [0.25, 0.3) is 0 Å². The summed E-state index contributed by atoms with van der Waals surface area (Å²) in [6, 6.07) is 13.2. The third-order valence-corrected chi connectivity index (χ3v) is 7.92. The number of carboxylic acids is 3. The highest BCUT2D eigenvalue weighted by Gasteiger charge is 2.41. The quantitative estimate of drug-likeness (QED) is 0.312. The van der Waals surface area contributed by atoms with Gasteiger partial charge in [0.05, 0.1) is 18.9 Å². The SMILES string of the molecule is CN1CCC(N2Cc3cc(F)ccc3CN(Cc3ccc(OC4CC4)cc3)C2=O)CC1.O=C(O)CC(O)(CC(=O)O)C(=O)O. The summed E-state index contributed by atoms with van der Waals surface area (Å²) in [7, 11) is 2.12. The second-order valence-corrected chi connectivity index (χ2v) is 11.7. The fraction of sp³-hybridized carbons (Fsp3) is 0.484. The largest absolute Gasteiger partial charge is 0.490 e. The maximum absolute atomic E-state index is 14.0. The number of urea groups is 1. The molecule has 0 spiro atoms. The Morgan fingerprint density at radius 2 is 1.52 bits per heavy atom. The minimum Gasteiger partial charge on any atom is -0.490 e. The van der Waals surface area contributed by atoms with E-state index in [0.29, 0.717) is 25.7 Å². The molecule has 2 fully saturated rings. The number of fused-ring (bicyclic) bond motifs is 1. The number of likely N-dealkylation sites (tertiary alicyclic amines) is 1. The smallest absolute Gasteiger partial charge is 0.336 e. The first-order valence-corrected chi connectivity index (χ1v) is 14.5. The van der Waals surface area contributed by atoms with Crippen molar-refractivity contribution >= 4 is 23.9 Å². The molecule has 0 unspecified atom stereocenters. The Morgan fingerprint density at radius 3 is 2.07 bits per heavy atom. The molecule has 1 aliphatic carbocycles. The molecular weight excluding hydrogens is 577 g/mol. The molecule has 4 N–H and O–H groups in total.